The molecule has 0 aliphatic carbocycles. The van der Waals surface area contributed by atoms with E-state index in [2.05, 4.69) is 10.6 Å². The predicted molar refractivity (Wildman–Crippen MR) is 142 cm³/mol. The second-order valence-electron chi connectivity index (χ2n) is 10.1. The second-order valence-corrected chi connectivity index (χ2v) is 10.1. The van der Waals surface area contributed by atoms with Gasteiger partial charge in [-0.3, -0.25) is 9.59 Å². The van der Waals surface area contributed by atoms with Crippen LogP contribution < -0.4 is 10.6 Å². The molecule has 0 fully saturated rings. The van der Waals surface area contributed by atoms with Gasteiger partial charge in [0.2, 0.25) is 5.91 Å². The second kappa shape index (κ2) is 12.8. The maximum Gasteiger partial charge on any atom is 0.254 e. The highest BCUT2D eigenvalue weighted by Crippen LogP contribution is 2.22. The SMILES string of the molecule is COC(O)[C@@H](C)C[C@H](NC(=O)c1ccc(-c2ccccc2)cc1F)C(=O)NC(C)(C)Cc1ccc(F)cc1. The standard InChI is InChI=1S/C30H34F2N2O4/c1-19(29(37)38-4)16-26(28(36)34-30(2,3)18-20-10-13-23(31)14-11-20)33-27(35)24-15-12-22(17-25(24)32)21-8-6-5-7-9-21/h5-15,17,19,26,29,37H,16,18H2,1-4H3,(H,33,35)(H,34,36)/t19-,26-,29?/m0/s1. The number of methoxy groups -OCH3 is 1. The summed E-state index contributed by atoms with van der Waals surface area (Å²) in [4.78, 5) is 26.4. The lowest BCUT2D eigenvalue weighted by molar-refractivity contribution is -0.128. The molecule has 3 atom stereocenters. The lowest BCUT2D eigenvalue weighted by atomic mass is 9.93. The summed E-state index contributed by atoms with van der Waals surface area (Å²) in [7, 11) is 1.34. The van der Waals surface area contributed by atoms with Crippen LogP contribution in [0.15, 0.2) is 72.8 Å². The molecule has 3 rings (SSSR count). The van der Waals surface area contributed by atoms with Gasteiger partial charge >= 0.3 is 0 Å². The Bertz CT molecular complexity index is 1230. The molecule has 2 amide bonds. The zero-order valence-corrected chi connectivity index (χ0v) is 22.0. The Morgan fingerprint density at radius 3 is 2.24 bits per heavy atom. The Balaban J connectivity index is 1.78. The van der Waals surface area contributed by atoms with Gasteiger partial charge in [0.05, 0.1) is 5.56 Å². The fraction of sp³-hybridized carbons (Fsp3) is 0.333. The van der Waals surface area contributed by atoms with E-state index in [9.17, 15) is 23.5 Å². The summed E-state index contributed by atoms with van der Waals surface area (Å²) in [6, 6.07) is 18.4. The van der Waals surface area contributed by atoms with Crippen LogP contribution in [0, 0.1) is 17.6 Å². The quantitative estimate of drug-likeness (QED) is 0.313. The first-order valence-corrected chi connectivity index (χ1v) is 12.4. The van der Waals surface area contributed by atoms with Gasteiger partial charge in [0.25, 0.3) is 5.91 Å². The minimum Gasteiger partial charge on any atom is -0.368 e. The molecule has 0 saturated carbocycles. The van der Waals surface area contributed by atoms with Gasteiger partial charge in [-0.2, -0.15) is 0 Å². The Kier molecular flexibility index (Phi) is 9.72. The van der Waals surface area contributed by atoms with Crippen molar-refractivity contribution in [1.29, 1.82) is 0 Å². The van der Waals surface area contributed by atoms with Crippen molar-refractivity contribution in [2.75, 3.05) is 7.11 Å². The van der Waals surface area contributed by atoms with Gasteiger partial charge < -0.3 is 20.5 Å². The summed E-state index contributed by atoms with van der Waals surface area (Å²) in [5.74, 6) is -2.83. The van der Waals surface area contributed by atoms with Gasteiger partial charge in [0.1, 0.15) is 17.7 Å². The fourth-order valence-corrected chi connectivity index (χ4v) is 4.27. The van der Waals surface area contributed by atoms with Gasteiger partial charge in [0, 0.05) is 18.6 Å². The summed E-state index contributed by atoms with van der Waals surface area (Å²) in [5, 5.41) is 15.6. The van der Waals surface area contributed by atoms with Crippen molar-refractivity contribution in [1.82, 2.24) is 10.6 Å². The van der Waals surface area contributed by atoms with Crippen molar-refractivity contribution in [3.05, 3.63) is 95.6 Å². The minimum absolute atomic E-state index is 0.0446. The number of amides is 2. The Morgan fingerprint density at radius 2 is 1.63 bits per heavy atom. The largest absolute Gasteiger partial charge is 0.368 e. The van der Waals surface area contributed by atoms with Crippen LogP contribution in [0.3, 0.4) is 0 Å². The van der Waals surface area contributed by atoms with Crippen LogP contribution >= 0.6 is 0 Å². The average Bonchev–Trinajstić information content (AvgIpc) is 2.88. The molecule has 0 aliphatic rings. The number of nitrogens with one attached hydrogen (secondary N) is 2. The zero-order chi connectivity index (χ0) is 27.9. The van der Waals surface area contributed by atoms with E-state index >= 15 is 0 Å². The first kappa shape index (κ1) is 28.9. The van der Waals surface area contributed by atoms with Crippen LogP contribution in [0.1, 0.15) is 43.1 Å². The topological polar surface area (TPSA) is 87.7 Å². The summed E-state index contributed by atoms with van der Waals surface area (Å²) in [6.45, 7) is 5.30. The van der Waals surface area contributed by atoms with E-state index in [1.165, 1.54) is 31.4 Å². The highest BCUT2D eigenvalue weighted by atomic mass is 19.1. The molecule has 0 bridgehead atoms. The summed E-state index contributed by atoms with van der Waals surface area (Å²) in [5.41, 5.74) is 1.30. The molecule has 0 aromatic heterocycles. The molecule has 0 radical (unpaired) electrons. The molecule has 0 heterocycles. The van der Waals surface area contributed by atoms with Crippen LogP contribution in [0.4, 0.5) is 8.78 Å². The third-order valence-electron chi connectivity index (χ3n) is 6.30. The van der Waals surface area contributed by atoms with E-state index in [1.807, 2.05) is 44.2 Å². The number of ether oxygens (including phenoxy) is 1. The van der Waals surface area contributed by atoms with E-state index in [1.54, 1.807) is 25.1 Å². The molecule has 3 aromatic carbocycles. The molecule has 1 unspecified atom stereocenters. The lowest BCUT2D eigenvalue weighted by Gasteiger charge is -2.31. The molecular weight excluding hydrogens is 490 g/mol. The number of rotatable bonds is 11. The Hall–Kier alpha value is -3.62. The number of benzene rings is 3. The van der Waals surface area contributed by atoms with Gasteiger partial charge in [-0.05, 0) is 67.6 Å². The van der Waals surface area contributed by atoms with Crippen molar-refractivity contribution in [3.63, 3.8) is 0 Å². The van der Waals surface area contributed by atoms with Gasteiger partial charge in [0.15, 0.2) is 6.29 Å². The predicted octanol–water partition coefficient (Wildman–Crippen LogP) is 4.86. The number of carbonyl (C=O) groups excluding carboxylic acids is 2. The smallest absolute Gasteiger partial charge is 0.254 e. The maximum absolute atomic E-state index is 15.0. The molecule has 0 aliphatic heterocycles. The molecule has 202 valence electrons. The Morgan fingerprint density at radius 1 is 0.974 bits per heavy atom. The van der Waals surface area contributed by atoms with E-state index in [0.29, 0.717) is 12.0 Å². The lowest BCUT2D eigenvalue weighted by Crippen LogP contribution is -2.54. The first-order valence-electron chi connectivity index (χ1n) is 12.4. The van der Waals surface area contributed by atoms with Crippen LogP contribution in [0.5, 0.6) is 0 Å². The number of aliphatic hydroxyl groups excluding tert-OH is 1. The van der Waals surface area contributed by atoms with Crippen LogP contribution in [-0.2, 0) is 16.0 Å². The normalized spacial score (nSPS) is 13.9. The van der Waals surface area contributed by atoms with Crippen LogP contribution in [0.25, 0.3) is 11.1 Å². The average molecular weight is 525 g/mol. The van der Waals surface area contributed by atoms with E-state index < -0.39 is 41.4 Å². The zero-order valence-electron chi connectivity index (χ0n) is 22.0. The molecule has 3 N–H and O–H groups in total. The number of halogens is 2. The minimum atomic E-state index is -1.16. The molecule has 3 aromatic rings. The number of hydrogen-bond acceptors (Lipinski definition) is 4. The first-order chi connectivity index (χ1) is 18.0. The third-order valence-corrected chi connectivity index (χ3v) is 6.30. The molecule has 6 nitrogen and oxygen atoms in total. The summed E-state index contributed by atoms with van der Waals surface area (Å²) < 4.78 is 33.2. The Labute approximate surface area is 222 Å². The summed E-state index contributed by atoms with van der Waals surface area (Å²) >= 11 is 0. The van der Waals surface area contributed by atoms with Gasteiger partial charge in [-0.15, -0.1) is 0 Å². The number of aliphatic hydroxyl groups is 1. The number of hydrogen-bond donors (Lipinski definition) is 3. The van der Waals surface area contributed by atoms with E-state index in [4.69, 9.17) is 4.74 Å². The highest BCUT2D eigenvalue weighted by Gasteiger charge is 2.31. The van der Waals surface area contributed by atoms with Crippen LogP contribution in [-0.4, -0.2) is 41.9 Å². The highest BCUT2D eigenvalue weighted by molar-refractivity contribution is 5.98. The van der Waals surface area contributed by atoms with Crippen molar-refractivity contribution in [2.45, 2.75) is 51.5 Å². The fourth-order valence-electron chi connectivity index (χ4n) is 4.27. The van der Waals surface area contributed by atoms with Crippen molar-refractivity contribution in [3.8, 4) is 11.1 Å². The molecular formula is C30H34F2N2O4. The maximum atomic E-state index is 15.0. The number of carbonyl (C=O) groups is 2. The monoisotopic (exact) mass is 524 g/mol. The molecule has 38 heavy (non-hydrogen) atoms. The van der Waals surface area contributed by atoms with Crippen molar-refractivity contribution in [2.24, 2.45) is 5.92 Å². The van der Waals surface area contributed by atoms with Crippen molar-refractivity contribution < 1.29 is 28.2 Å². The molecule has 8 heteroatoms. The summed E-state index contributed by atoms with van der Waals surface area (Å²) in [6.07, 6.45) is -0.703. The molecule has 0 spiro atoms. The van der Waals surface area contributed by atoms with Crippen molar-refractivity contribution >= 4 is 11.8 Å². The third kappa shape index (κ3) is 7.94. The van der Waals surface area contributed by atoms with Crippen LogP contribution in [0.2, 0.25) is 0 Å². The molecule has 0 saturated heterocycles. The van der Waals surface area contributed by atoms with E-state index in [-0.39, 0.29) is 17.8 Å². The van der Waals surface area contributed by atoms with E-state index in [0.717, 1.165) is 11.1 Å². The van der Waals surface area contributed by atoms with Gasteiger partial charge in [-0.1, -0.05) is 55.5 Å². The van der Waals surface area contributed by atoms with Gasteiger partial charge in [-0.25, -0.2) is 8.78 Å².